The highest BCUT2D eigenvalue weighted by atomic mass is 16.6. The second kappa shape index (κ2) is 10.6. The number of aliphatic hydroxyl groups excluding tert-OH is 1. The second-order valence-electron chi connectivity index (χ2n) is 9.53. The van der Waals surface area contributed by atoms with Gasteiger partial charge in [0.15, 0.2) is 0 Å². The van der Waals surface area contributed by atoms with Crippen molar-refractivity contribution in [3.8, 4) is 0 Å². The largest absolute Gasteiger partial charge is 0.459 e. The lowest BCUT2D eigenvalue weighted by atomic mass is 9.44. The summed E-state index contributed by atoms with van der Waals surface area (Å²) in [6, 6.07) is 0. The molecule has 0 aromatic heterocycles. The van der Waals surface area contributed by atoms with Crippen LogP contribution < -0.4 is 0 Å². The molecule has 0 aromatic rings. The van der Waals surface area contributed by atoms with E-state index in [2.05, 4.69) is 13.2 Å². The molecule has 182 valence electrons. The summed E-state index contributed by atoms with van der Waals surface area (Å²) in [7, 11) is 0. The van der Waals surface area contributed by atoms with Crippen LogP contribution >= 0.6 is 0 Å². The molecule has 0 bridgehead atoms. The Labute approximate surface area is 195 Å². The van der Waals surface area contributed by atoms with Gasteiger partial charge >= 0.3 is 11.9 Å². The number of rotatable bonds is 10. The van der Waals surface area contributed by atoms with Gasteiger partial charge < -0.3 is 19.4 Å². The van der Waals surface area contributed by atoms with E-state index in [9.17, 15) is 24.3 Å². The van der Waals surface area contributed by atoms with E-state index < -0.39 is 41.0 Å². The van der Waals surface area contributed by atoms with Gasteiger partial charge in [0.1, 0.15) is 30.9 Å². The molecule has 0 aliphatic heterocycles. The van der Waals surface area contributed by atoms with E-state index in [-0.39, 0.29) is 30.3 Å². The van der Waals surface area contributed by atoms with E-state index in [0.717, 1.165) is 5.57 Å². The van der Waals surface area contributed by atoms with Crippen molar-refractivity contribution in [1.82, 2.24) is 0 Å². The molecule has 0 amide bonds. The van der Waals surface area contributed by atoms with Gasteiger partial charge in [-0.2, -0.15) is 0 Å². The van der Waals surface area contributed by atoms with Crippen molar-refractivity contribution >= 4 is 24.5 Å². The number of hydrogen-bond acceptors (Lipinski definition) is 7. The first kappa shape index (κ1) is 26.7. The highest BCUT2D eigenvalue weighted by molar-refractivity contribution is 5.87. The number of carbonyl (C=O) groups excluding carboxylic acids is 4. The normalized spacial score (nSPS) is 35.4. The summed E-state index contributed by atoms with van der Waals surface area (Å²) < 4.78 is 11.1. The van der Waals surface area contributed by atoms with Crippen molar-refractivity contribution in [2.45, 2.75) is 78.1 Å². The molecule has 7 nitrogen and oxygen atoms in total. The molecule has 0 saturated heterocycles. The molecule has 1 N–H and O–H groups in total. The van der Waals surface area contributed by atoms with Gasteiger partial charge in [-0.05, 0) is 43.1 Å². The zero-order chi connectivity index (χ0) is 25.0. The standard InChI is InChI=1S/C26H36O7/c1-7-9-22(30)33-20-12-19(14-27)26(15-28)21(13-20)25(6,11-10-16(3)8-2)17(4)23(24(26)31)32-18(5)29/h8,12,14-15,17,20-21,23-24,31H,2-3,7,9-11,13H2,1,4-6H3/t17-,20+,21+,23-,24+,25-,26+/m1/s1. The van der Waals surface area contributed by atoms with Gasteiger partial charge in [-0.15, -0.1) is 0 Å². The number of allylic oxidation sites excluding steroid dienone is 2. The number of ether oxygens (including phenoxy) is 2. The minimum absolute atomic E-state index is 0.0494. The average Bonchev–Trinajstić information content (AvgIpc) is 2.78. The first-order valence-corrected chi connectivity index (χ1v) is 11.5. The monoisotopic (exact) mass is 460 g/mol. The third-order valence-corrected chi connectivity index (χ3v) is 7.67. The summed E-state index contributed by atoms with van der Waals surface area (Å²) in [5, 5.41) is 11.4. The fraction of sp³-hybridized carbons (Fsp3) is 0.615. The molecule has 2 rings (SSSR count). The minimum Gasteiger partial charge on any atom is -0.459 e. The van der Waals surface area contributed by atoms with E-state index in [0.29, 0.717) is 31.8 Å². The molecule has 2 aliphatic rings. The number of hydrogen-bond donors (Lipinski definition) is 1. The Morgan fingerprint density at radius 2 is 1.94 bits per heavy atom. The SMILES string of the molecule is C=CC(=C)CC[C@]1(C)[C@H](C)[C@@H](OC(C)=O)[C@H](O)[C@@]2(C=O)C(C=O)=C[C@H](OC(=O)CCC)C[C@@H]12. The van der Waals surface area contributed by atoms with E-state index in [4.69, 9.17) is 9.47 Å². The maximum absolute atomic E-state index is 12.7. The van der Waals surface area contributed by atoms with E-state index >= 15 is 0 Å². The van der Waals surface area contributed by atoms with Crippen LogP contribution in [0.15, 0.2) is 36.5 Å². The lowest BCUT2D eigenvalue weighted by Gasteiger charge is -2.61. The van der Waals surface area contributed by atoms with Crippen molar-refractivity contribution < 1.29 is 33.8 Å². The van der Waals surface area contributed by atoms with Crippen LogP contribution in [0.3, 0.4) is 0 Å². The van der Waals surface area contributed by atoms with Crippen LogP contribution in [0.25, 0.3) is 0 Å². The molecular weight excluding hydrogens is 424 g/mol. The van der Waals surface area contributed by atoms with Gasteiger partial charge in [0.2, 0.25) is 0 Å². The van der Waals surface area contributed by atoms with Crippen molar-refractivity contribution in [3.63, 3.8) is 0 Å². The summed E-state index contributed by atoms with van der Waals surface area (Å²) in [5.74, 6) is -1.86. The van der Waals surface area contributed by atoms with Crippen LogP contribution in [0.2, 0.25) is 0 Å². The third-order valence-electron chi connectivity index (χ3n) is 7.67. The fourth-order valence-corrected chi connectivity index (χ4v) is 5.64. The summed E-state index contributed by atoms with van der Waals surface area (Å²) in [6.07, 6.45) is 3.40. The number of aldehydes is 2. The molecule has 1 saturated carbocycles. The number of aliphatic hydroxyl groups is 1. The van der Waals surface area contributed by atoms with Crippen molar-refractivity contribution in [2.75, 3.05) is 0 Å². The van der Waals surface area contributed by atoms with E-state index in [1.807, 2.05) is 20.8 Å². The Bertz CT molecular complexity index is 844. The molecular formula is C26H36O7. The van der Waals surface area contributed by atoms with Gasteiger partial charge in [0.25, 0.3) is 0 Å². The maximum Gasteiger partial charge on any atom is 0.306 e. The first-order valence-electron chi connectivity index (χ1n) is 11.5. The Hall–Kier alpha value is -2.54. The van der Waals surface area contributed by atoms with Gasteiger partial charge in [0.05, 0.1) is 5.41 Å². The van der Waals surface area contributed by atoms with Gasteiger partial charge in [-0.1, -0.05) is 45.6 Å². The van der Waals surface area contributed by atoms with Crippen molar-refractivity contribution in [2.24, 2.45) is 22.7 Å². The number of fused-ring (bicyclic) bond motifs is 1. The minimum atomic E-state index is -1.59. The zero-order valence-electron chi connectivity index (χ0n) is 20.0. The third kappa shape index (κ3) is 4.88. The quantitative estimate of drug-likeness (QED) is 0.302. The van der Waals surface area contributed by atoms with E-state index in [1.54, 1.807) is 6.08 Å². The smallest absolute Gasteiger partial charge is 0.306 e. The Balaban J connectivity index is 2.66. The summed E-state index contributed by atoms with van der Waals surface area (Å²) in [5.41, 5.74) is -1.40. The second-order valence-corrected chi connectivity index (χ2v) is 9.53. The Kier molecular flexibility index (Phi) is 8.57. The topological polar surface area (TPSA) is 107 Å². The molecule has 2 aliphatic carbocycles. The Morgan fingerprint density at radius 1 is 1.27 bits per heavy atom. The lowest BCUT2D eigenvalue weighted by Crippen LogP contribution is -2.67. The lowest BCUT2D eigenvalue weighted by molar-refractivity contribution is -0.212. The Morgan fingerprint density at radius 3 is 2.45 bits per heavy atom. The van der Waals surface area contributed by atoms with Crippen LogP contribution in [0.5, 0.6) is 0 Å². The molecule has 33 heavy (non-hydrogen) atoms. The van der Waals surface area contributed by atoms with E-state index in [1.165, 1.54) is 13.0 Å². The molecule has 0 spiro atoms. The highest BCUT2D eigenvalue weighted by Gasteiger charge is 2.66. The maximum atomic E-state index is 12.7. The van der Waals surface area contributed by atoms with Crippen molar-refractivity contribution in [1.29, 1.82) is 0 Å². The van der Waals surface area contributed by atoms with Gasteiger partial charge in [-0.3, -0.25) is 14.4 Å². The summed E-state index contributed by atoms with van der Waals surface area (Å²) >= 11 is 0. The van der Waals surface area contributed by atoms with Crippen molar-refractivity contribution in [3.05, 3.63) is 36.5 Å². The first-order chi connectivity index (χ1) is 15.5. The predicted octanol–water partition coefficient (Wildman–Crippen LogP) is 3.50. The zero-order valence-corrected chi connectivity index (χ0v) is 20.0. The fourth-order valence-electron chi connectivity index (χ4n) is 5.64. The molecule has 0 aromatic carbocycles. The highest BCUT2D eigenvalue weighted by Crippen LogP contribution is 2.62. The van der Waals surface area contributed by atoms with Crippen LogP contribution in [0.4, 0.5) is 0 Å². The number of esters is 2. The van der Waals surface area contributed by atoms with Crippen LogP contribution in [0.1, 0.15) is 59.8 Å². The van der Waals surface area contributed by atoms with Crippen LogP contribution in [-0.4, -0.2) is 47.9 Å². The summed E-state index contributed by atoms with van der Waals surface area (Å²) in [6.45, 7) is 14.7. The van der Waals surface area contributed by atoms with Gasteiger partial charge in [-0.25, -0.2) is 0 Å². The molecule has 7 atom stereocenters. The average molecular weight is 461 g/mol. The summed E-state index contributed by atoms with van der Waals surface area (Å²) in [4.78, 5) is 49.0. The molecule has 0 heterocycles. The molecule has 0 unspecified atom stereocenters. The predicted molar refractivity (Wildman–Crippen MR) is 123 cm³/mol. The molecule has 1 fully saturated rings. The molecule has 7 heteroatoms. The number of carbonyl (C=O) groups is 4. The van der Waals surface area contributed by atoms with Crippen LogP contribution in [0, 0.1) is 22.7 Å². The van der Waals surface area contributed by atoms with Crippen LogP contribution in [-0.2, 0) is 28.7 Å². The van der Waals surface area contributed by atoms with Gasteiger partial charge in [0, 0.05) is 24.8 Å². The molecule has 0 radical (unpaired) electrons.